The monoisotopic (exact) mass is 240 g/mol. The van der Waals surface area contributed by atoms with E-state index in [9.17, 15) is 0 Å². The van der Waals surface area contributed by atoms with Crippen LogP contribution in [0.3, 0.4) is 0 Å². The van der Waals surface area contributed by atoms with Gasteiger partial charge in [0.25, 0.3) is 0 Å². The van der Waals surface area contributed by atoms with E-state index in [1.54, 1.807) is 0 Å². The van der Waals surface area contributed by atoms with Crippen molar-refractivity contribution in [3.63, 3.8) is 0 Å². The van der Waals surface area contributed by atoms with Crippen molar-refractivity contribution in [3.05, 3.63) is 0 Å². The molecule has 0 bridgehead atoms. The van der Waals surface area contributed by atoms with Gasteiger partial charge in [-0.15, -0.1) is 0 Å². The zero-order valence-electron chi connectivity index (χ0n) is 1.70. The number of rotatable bonds is 0. The van der Waals surface area contributed by atoms with E-state index in [-0.39, 0.29) is 22.4 Å². The third-order valence-corrected chi connectivity index (χ3v) is 0. The molecule has 0 aliphatic rings. The molecular formula is AgGaS2. The van der Waals surface area contributed by atoms with Crippen molar-refractivity contribution in [2.75, 3.05) is 0 Å². The summed E-state index contributed by atoms with van der Waals surface area (Å²) in [6, 6.07) is 0. The molecule has 0 heterocycles. The van der Waals surface area contributed by atoms with Crippen molar-refractivity contribution in [1.82, 2.24) is 0 Å². The quantitative estimate of drug-likeness (QED) is 0.441. The minimum atomic E-state index is -0.521. The summed E-state index contributed by atoms with van der Waals surface area (Å²) in [5, 5.41) is 0. The van der Waals surface area contributed by atoms with E-state index in [0.29, 0.717) is 0 Å². The van der Waals surface area contributed by atoms with Crippen LogP contribution in [0, 0.1) is 0 Å². The molecular weight excluding hydrogens is 242 g/mol. The van der Waals surface area contributed by atoms with Crippen LogP contribution in [0.1, 0.15) is 0 Å². The number of hydrogen-bond acceptors (Lipinski definition) is 2. The summed E-state index contributed by atoms with van der Waals surface area (Å²) in [6.07, 6.45) is 0. The van der Waals surface area contributed by atoms with E-state index in [0.717, 1.165) is 0 Å². The van der Waals surface area contributed by atoms with Crippen LogP contribution in [0.2, 0.25) is 0 Å². The Labute approximate surface area is 56.8 Å². The maximum absolute atomic E-state index is 4.36. The van der Waals surface area contributed by atoms with Crippen molar-refractivity contribution < 1.29 is 22.4 Å². The van der Waals surface area contributed by atoms with Gasteiger partial charge in [-0.05, 0) is 0 Å². The number of hydrogen-bond donors (Lipinski definition) is 0. The molecule has 0 N–H and O–H groups in total. The van der Waals surface area contributed by atoms with Gasteiger partial charge in [-0.25, -0.2) is 0 Å². The molecule has 0 saturated heterocycles. The van der Waals surface area contributed by atoms with E-state index >= 15 is 0 Å². The molecule has 0 aliphatic heterocycles. The van der Waals surface area contributed by atoms with Gasteiger partial charge >= 0.3 is 57.4 Å². The fraction of sp³-hybridized carbons (Fsp3) is 0. The molecule has 26 valence electrons. The van der Waals surface area contributed by atoms with Crippen molar-refractivity contribution in [1.29, 1.82) is 0 Å². The van der Waals surface area contributed by atoms with Gasteiger partial charge in [0.15, 0.2) is 0 Å². The molecule has 0 aromatic rings. The second kappa shape index (κ2) is 8.84. The fourth-order valence-corrected chi connectivity index (χ4v) is 0. The molecule has 0 nitrogen and oxygen atoms in total. The molecule has 0 amide bonds. The van der Waals surface area contributed by atoms with Crippen molar-refractivity contribution >= 4 is 35.0 Å². The maximum atomic E-state index is 4.36. The summed E-state index contributed by atoms with van der Waals surface area (Å²) in [7, 11) is 8.73. The van der Waals surface area contributed by atoms with Crippen molar-refractivity contribution in [2.24, 2.45) is 0 Å². The first-order valence-corrected chi connectivity index (χ1v) is 7.35. The molecule has 0 spiro atoms. The van der Waals surface area contributed by atoms with Gasteiger partial charge in [0.05, 0.1) is 0 Å². The third-order valence-electron chi connectivity index (χ3n) is 0. The summed E-state index contributed by atoms with van der Waals surface area (Å²) in [4.78, 5) is 0. The Bertz CT molecular complexity index is 13.5. The second-order valence-electron chi connectivity index (χ2n) is 0.0962. The molecule has 0 radical (unpaired) electrons. The Morgan fingerprint density at radius 1 is 1.75 bits per heavy atom. The predicted molar refractivity (Wildman–Crippen MR) is 20.7 cm³/mol. The minimum absolute atomic E-state index is 0. The molecule has 0 fully saturated rings. The Morgan fingerprint density at radius 2 is 1.75 bits per heavy atom. The SMILES string of the molecule is [Ag+].[S]=[Ga][S-]. The summed E-state index contributed by atoms with van der Waals surface area (Å²) >= 11 is -0.521. The molecule has 0 rings (SSSR count). The molecule has 0 unspecified atom stereocenters. The van der Waals surface area contributed by atoms with Crippen LogP contribution in [0.25, 0.3) is 0 Å². The van der Waals surface area contributed by atoms with E-state index in [4.69, 9.17) is 0 Å². The Morgan fingerprint density at radius 3 is 1.75 bits per heavy atom. The van der Waals surface area contributed by atoms with Crippen molar-refractivity contribution in [3.8, 4) is 0 Å². The second-order valence-corrected chi connectivity index (χ2v) is 4.50. The fourth-order valence-electron chi connectivity index (χ4n) is 0. The van der Waals surface area contributed by atoms with Crippen LogP contribution in [-0.2, 0) is 32.9 Å². The third kappa shape index (κ3) is 9.18. The van der Waals surface area contributed by atoms with Crippen LogP contribution in [-0.4, -0.2) is 14.4 Å². The van der Waals surface area contributed by atoms with Gasteiger partial charge in [0, 0.05) is 0 Å². The van der Waals surface area contributed by atoms with Gasteiger partial charge in [-0.1, -0.05) is 0 Å². The molecule has 0 aliphatic carbocycles. The first kappa shape index (κ1) is 9.26. The first-order valence-electron chi connectivity index (χ1n) is 0.471. The Hall–Kier alpha value is 1.82. The van der Waals surface area contributed by atoms with Gasteiger partial charge in [-0.3, -0.25) is 0 Å². The Kier molecular flexibility index (Phi) is 20.5. The molecule has 0 saturated carbocycles. The summed E-state index contributed by atoms with van der Waals surface area (Å²) < 4.78 is 0. The molecule has 0 aromatic heterocycles. The van der Waals surface area contributed by atoms with Gasteiger partial charge in [-0.2, -0.15) is 0 Å². The molecule has 0 aromatic carbocycles. The summed E-state index contributed by atoms with van der Waals surface area (Å²) in [5.41, 5.74) is 0. The van der Waals surface area contributed by atoms with Gasteiger partial charge in [0.2, 0.25) is 0 Å². The van der Waals surface area contributed by atoms with Gasteiger partial charge < -0.3 is 0 Å². The van der Waals surface area contributed by atoms with Crippen LogP contribution in [0.4, 0.5) is 0 Å². The normalized spacial score (nSPS) is 2.00. The molecule has 0 atom stereocenters. The van der Waals surface area contributed by atoms with Crippen molar-refractivity contribution in [2.45, 2.75) is 0 Å². The summed E-state index contributed by atoms with van der Waals surface area (Å²) in [5.74, 6) is 0. The van der Waals surface area contributed by atoms with E-state index in [2.05, 4.69) is 20.6 Å². The van der Waals surface area contributed by atoms with E-state index in [1.165, 1.54) is 0 Å². The predicted octanol–water partition coefficient (Wildman–Crippen LogP) is 0.263. The summed E-state index contributed by atoms with van der Waals surface area (Å²) in [6.45, 7) is 0. The van der Waals surface area contributed by atoms with Crippen LogP contribution >= 0.6 is 10.1 Å². The topological polar surface area (TPSA) is 0 Å². The van der Waals surface area contributed by atoms with Crippen LogP contribution < -0.4 is 0 Å². The zero-order valence-corrected chi connectivity index (χ0v) is 7.23. The van der Waals surface area contributed by atoms with Crippen LogP contribution in [0.15, 0.2) is 0 Å². The van der Waals surface area contributed by atoms with Crippen LogP contribution in [0.5, 0.6) is 0 Å². The van der Waals surface area contributed by atoms with Gasteiger partial charge in [0.1, 0.15) is 0 Å². The van der Waals surface area contributed by atoms with E-state index < -0.39 is 14.4 Å². The van der Waals surface area contributed by atoms with E-state index in [1.807, 2.05) is 0 Å². The Balaban J connectivity index is 0. The average Bonchev–Trinajstić information content (AvgIpc) is 0.918. The standard InChI is InChI=1S/Ag.Ga.2S/q+1;;;-1. The zero-order chi connectivity index (χ0) is 2.71. The molecule has 4 heavy (non-hydrogen) atoms. The average molecular weight is 242 g/mol. The first-order chi connectivity index (χ1) is 1.41. The molecule has 4 heteroatoms.